The first-order valence-electron chi connectivity index (χ1n) is 5.98. The Hall–Kier alpha value is -1.01. The van der Waals surface area contributed by atoms with Crippen molar-refractivity contribution in [1.82, 2.24) is 5.32 Å². The summed E-state index contributed by atoms with van der Waals surface area (Å²) in [7, 11) is 0. The third-order valence-corrected chi connectivity index (χ3v) is 4.07. The molecule has 0 aliphatic rings. The van der Waals surface area contributed by atoms with Gasteiger partial charge in [0.1, 0.15) is 5.60 Å². The van der Waals surface area contributed by atoms with E-state index in [1.54, 1.807) is 18.3 Å². The third-order valence-electron chi connectivity index (χ3n) is 2.03. The van der Waals surface area contributed by atoms with Crippen molar-refractivity contribution in [3.05, 3.63) is 16.3 Å². The van der Waals surface area contributed by atoms with Gasteiger partial charge in [0.2, 0.25) is 0 Å². The van der Waals surface area contributed by atoms with Crippen LogP contribution in [0, 0.1) is 5.41 Å². The highest BCUT2D eigenvalue weighted by Gasteiger charge is 2.19. The Morgan fingerprint density at radius 3 is 2.68 bits per heavy atom. The fourth-order valence-corrected chi connectivity index (χ4v) is 3.08. The topological polar surface area (TPSA) is 62.2 Å². The van der Waals surface area contributed by atoms with Crippen LogP contribution in [-0.2, 0) is 4.74 Å². The van der Waals surface area contributed by atoms with E-state index in [9.17, 15) is 4.79 Å². The number of hydrogen-bond acceptors (Lipinski definition) is 5. The Kier molecular flexibility index (Phi) is 5.43. The normalized spacial score (nSPS) is 12.9. The largest absolute Gasteiger partial charge is 0.444 e. The van der Waals surface area contributed by atoms with Crippen molar-refractivity contribution in [2.75, 3.05) is 0 Å². The monoisotopic (exact) mass is 300 g/mol. The van der Waals surface area contributed by atoms with E-state index in [4.69, 9.17) is 10.1 Å². The maximum absolute atomic E-state index is 11.7. The van der Waals surface area contributed by atoms with Crippen LogP contribution in [0.15, 0.2) is 16.3 Å². The molecule has 0 fully saturated rings. The van der Waals surface area contributed by atoms with Crippen molar-refractivity contribution in [1.29, 1.82) is 5.41 Å². The van der Waals surface area contributed by atoms with E-state index in [1.165, 1.54) is 11.8 Å². The van der Waals surface area contributed by atoms with Gasteiger partial charge >= 0.3 is 6.09 Å². The summed E-state index contributed by atoms with van der Waals surface area (Å²) in [6.45, 7) is 9.18. The van der Waals surface area contributed by atoms with Crippen LogP contribution in [-0.4, -0.2) is 16.7 Å². The van der Waals surface area contributed by atoms with Gasteiger partial charge in [-0.05, 0) is 40.7 Å². The van der Waals surface area contributed by atoms with Crippen molar-refractivity contribution in [2.45, 2.75) is 51.2 Å². The second kappa shape index (κ2) is 6.43. The van der Waals surface area contributed by atoms with Gasteiger partial charge in [-0.1, -0.05) is 11.8 Å². The van der Waals surface area contributed by atoms with Crippen LogP contribution in [0.25, 0.3) is 0 Å². The zero-order valence-corrected chi connectivity index (χ0v) is 13.5. The zero-order chi connectivity index (χ0) is 14.6. The lowest BCUT2D eigenvalue weighted by molar-refractivity contribution is 0.0509. The van der Waals surface area contributed by atoms with Crippen LogP contribution in [0.2, 0.25) is 0 Å². The summed E-state index contributed by atoms with van der Waals surface area (Å²) in [6.07, 6.45) is -0.411. The van der Waals surface area contributed by atoms with Crippen LogP contribution >= 0.6 is 23.1 Å². The van der Waals surface area contributed by atoms with E-state index in [0.717, 1.165) is 9.77 Å². The minimum absolute atomic E-state index is 0.0970. The Bertz CT molecular complexity index is 463. The lowest BCUT2D eigenvalue weighted by Crippen LogP contribution is -2.33. The van der Waals surface area contributed by atoms with Gasteiger partial charge in [0.25, 0.3) is 0 Å². The average Bonchev–Trinajstić information content (AvgIpc) is 2.61. The summed E-state index contributed by atoms with van der Waals surface area (Å²) in [4.78, 5) is 13.7. The molecule has 106 valence electrons. The highest BCUT2D eigenvalue weighted by molar-refractivity contribution is 8.13. The predicted octanol–water partition coefficient (Wildman–Crippen LogP) is 4.42. The summed E-state index contributed by atoms with van der Waals surface area (Å²) >= 11 is 2.99. The fourth-order valence-electron chi connectivity index (χ4n) is 1.35. The molecule has 0 saturated heterocycles. The minimum Gasteiger partial charge on any atom is -0.444 e. The van der Waals surface area contributed by atoms with Gasteiger partial charge in [-0.2, -0.15) is 0 Å². The fraction of sp³-hybridized carbons (Fsp3) is 0.538. The molecule has 0 spiro atoms. The van der Waals surface area contributed by atoms with E-state index in [0.29, 0.717) is 5.04 Å². The summed E-state index contributed by atoms with van der Waals surface area (Å²) in [6, 6.07) is 1.90. The van der Waals surface area contributed by atoms with Gasteiger partial charge in [0.05, 0.1) is 11.1 Å². The quantitative estimate of drug-likeness (QED) is 0.493. The van der Waals surface area contributed by atoms with Gasteiger partial charge in [0, 0.05) is 15.2 Å². The molecule has 0 aliphatic heterocycles. The first-order valence-corrected chi connectivity index (χ1v) is 7.68. The predicted molar refractivity (Wildman–Crippen MR) is 81.4 cm³/mol. The van der Waals surface area contributed by atoms with Crippen molar-refractivity contribution in [3.63, 3.8) is 0 Å². The maximum Gasteiger partial charge on any atom is 0.408 e. The lowest BCUT2D eigenvalue weighted by Gasteiger charge is -2.21. The van der Waals surface area contributed by atoms with Gasteiger partial charge < -0.3 is 10.1 Å². The first-order chi connectivity index (χ1) is 8.67. The number of nitrogens with one attached hydrogen (secondary N) is 2. The summed E-state index contributed by atoms with van der Waals surface area (Å²) in [5, 5.41) is 12.8. The molecule has 1 aromatic rings. The van der Waals surface area contributed by atoms with Crippen LogP contribution in [0.1, 0.15) is 45.5 Å². The lowest BCUT2D eigenvalue weighted by atomic mass is 10.2. The average molecular weight is 300 g/mol. The number of rotatable bonds is 3. The number of hydrogen-bond donors (Lipinski definition) is 2. The molecule has 4 nitrogen and oxygen atoms in total. The van der Waals surface area contributed by atoms with Crippen LogP contribution in [0.5, 0.6) is 0 Å². The number of amides is 1. The molecule has 0 radical (unpaired) electrons. The van der Waals surface area contributed by atoms with E-state index >= 15 is 0 Å². The maximum atomic E-state index is 11.7. The molecule has 0 aliphatic carbocycles. The second-order valence-corrected chi connectivity index (χ2v) is 7.44. The van der Waals surface area contributed by atoms with E-state index < -0.39 is 11.7 Å². The van der Waals surface area contributed by atoms with E-state index in [-0.39, 0.29) is 6.04 Å². The van der Waals surface area contributed by atoms with Crippen LogP contribution < -0.4 is 5.32 Å². The van der Waals surface area contributed by atoms with Gasteiger partial charge in [-0.15, -0.1) is 11.3 Å². The van der Waals surface area contributed by atoms with Crippen molar-refractivity contribution < 1.29 is 9.53 Å². The van der Waals surface area contributed by atoms with Gasteiger partial charge in [-0.3, -0.25) is 5.41 Å². The summed E-state index contributed by atoms with van der Waals surface area (Å²) in [5.41, 5.74) is -0.489. The van der Waals surface area contributed by atoms with Crippen molar-refractivity contribution >= 4 is 34.2 Å². The molecule has 2 N–H and O–H groups in total. The molecule has 19 heavy (non-hydrogen) atoms. The molecule has 1 atom stereocenters. The smallest absolute Gasteiger partial charge is 0.408 e. The van der Waals surface area contributed by atoms with E-state index in [1.807, 2.05) is 39.1 Å². The number of thioether (sulfide) groups is 1. The first kappa shape index (κ1) is 16.0. The Balaban J connectivity index is 2.58. The second-order valence-electron chi connectivity index (χ2n) is 5.21. The number of alkyl carbamates (subject to hydrolysis) is 1. The standard InChI is InChI=1S/C13H20N2O2S2/c1-8(15-12(16)17-13(3,4)5)11-6-10(7-18-11)19-9(2)14/h6-8,14H,1-5H3,(H,15,16)/t8-/m1/s1. The molecule has 0 saturated carbocycles. The molecule has 1 amide bonds. The van der Waals surface area contributed by atoms with Gasteiger partial charge in [0.15, 0.2) is 0 Å². The van der Waals surface area contributed by atoms with Crippen LogP contribution in [0.4, 0.5) is 4.79 Å². The number of carbonyl (C=O) groups is 1. The Morgan fingerprint density at radius 2 is 2.16 bits per heavy atom. The van der Waals surface area contributed by atoms with Crippen LogP contribution in [0.3, 0.4) is 0 Å². The molecular formula is C13H20N2O2S2. The van der Waals surface area contributed by atoms with Gasteiger partial charge in [-0.25, -0.2) is 4.79 Å². The third kappa shape index (κ3) is 6.11. The molecule has 1 rings (SSSR count). The SMILES string of the molecule is CC(=N)Sc1csc([C@@H](C)NC(=O)OC(C)(C)C)c1. The van der Waals surface area contributed by atoms with E-state index in [2.05, 4.69) is 5.32 Å². The molecule has 0 aromatic carbocycles. The molecule has 1 heterocycles. The number of ether oxygens (including phenoxy) is 1. The highest BCUT2D eigenvalue weighted by Crippen LogP contribution is 2.29. The Morgan fingerprint density at radius 1 is 1.53 bits per heavy atom. The summed E-state index contributed by atoms with van der Waals surface area (Å²) in [5.74, 6) is 0. The minimum atomic E-state index is -0.489. The van der Waals surface area contributed by atoms with Crippen molar-refractivity contribution in [3.8, 4) is 0 Å². The molecule has 1 aromatic heterocycles. The molecular weight excluding hydrogens is 280 g/mol. The zero-order valence-electron chi connectivity index (χ0n) is 11.9. The molecule has 0 bridgehead atoms. The number of thiophene rings is 1. The molecule has 0 unspecified atom stereocenters. The Labute approximate surface area is 122 Å². The highest BCUT2D eigenvalue weighted by atomic mass is 32.2. The summed E-state index contributed by atoms with van der Waals surface area (Å²) < 4.78 is 5.22. The van der Waals surface area contributed by atoms with Crippen molar-refractivity contribution in [2.24, 2.45) is 0 Å². The molecule has 6 heteroatoms. The number of carbonyl (C=O) groups excluding carboxylic acids is 1.